The van der Waals surface area contributed by atoms with Gasteiger partial charge in [-0.1, -0.05) is 18.2 Å². The van der Waals surface area contributed by atoms with Gasteiger partial charge in [0, 0.05) is 30.6 Å². The van der Waals surface area contributed by atoms with Crippen LogP contribution in [0.15, 0.2) is 36.7 Å². The van der Waals surface area contributed by atoms with Crippen LogP contribution in [0.3, 0.4) is 0 Å². The molecule has 1 aromatic heterocycles. The summed E-state index contributed by atoms with van der Waals surface area (Å²) in [4.78, 5) is 11.7. The number of aryl methyl sites for hydroxylation is 1. The maximum Gasteiger partial charge on any atom is 0.573 e. The van der Waals surface area contributed by atoms with Crippen LogP contribution in [0.5, 0.6) is 5.75 Å². The number of methoxy groups -OCH3 is 1. The zero-order valence-corrected chi connectivity index (χ0v) is 11.3. The molecule has 0 aliphatic carbocycles. The lowest BCUT2D eigenvalue weighted by molar-refractivity contribution is -0.274. The predicted octanol–water partition coefficient (Wildman–Crippen LogP) is 3.38. The number of esters is 1. The fourth-order valence-corrected chi connectivity index (χ4v) is 1.97. The fourth-order valence-electron chi connectivity index (χ4n) is 1.97. The van der Waals surface area contributed by atoms with Gasteiger partial charge in [-0.2, -0.15) is 0 Å². The second-order valence-corrected chi connectivity index (χ2v) is 4.29. The molecule has 0 bridgehead atoms. The van der Waals surface area contributed by atoms with Crippen LogP contribution < -0.4 is 4.74 Å². The molecule has 0 aliphatic rings. The van der Waals surface area contributed by atoms with Crippen molar-refractivity contribution in [2.75, 3.05) is 7.11 Å². The van der Waals surface area contributed by atoms with E-state index in [0.29, 0.717) is 5.56 Å². The summed E-state index contributed by atoms with van der Waals surface area (Å²) >= 11 is 0. The van der Waals surface area contributed by atoms with Gasteiger partial charge in [-0.25, -0.2) is 4.79 Å². The topological polar surface area (TPSA) is 40.5 Å². The van der Waals surface area contributed by atoms with E-state index in [1.54, 1.807) is 17.7 Å². The van der Waals surface area contributed by atoms with Crippen LogP contribution in [0.25, 0.3) is 11.1 Å². The first kappa shape index (κ1) is 15.0. The van der Waals surface area contributed by atoms with Crippen LogP contribution in [-0.4, -0.2) is 24.0 Å². The average Bonchev–Trinajstić information content (AvgIpc) is 2.78. The Labute approximate surface area is 118 Å². The van der Waals surface area contributed by atoms with E-state index in [4.69, 9.17) is 0 Å². The summed E-state index contributed by atoms with van der Waals surface area (Å²) in [6.07, 6.45) is -1.80. The highest BCUT2D eigenvalue weighted by Gasteiger charge is 2.32. The number of alkyl halides is 3. The van der Waals surface area contributed by atoms with E-state index in [9.17, 15) is 18.0 Å². The molecule has 0 atom stereocenters. The number of para-hydroxylation sites is 1. The Morgan fingerprint density at radius 1 is 1.14 bits per heavy atom. The molecule has 7 heteroatoms. The van der Waals surface area contributed by atoms with Crippen LogP contribution in [0.1, 0.15) is 10.4 Å². The largest absolute Gasteiger partial charge is 0.573 e. The molecular weight excluding hydrogens is 287 g/mol. The summed E-state index contributed by atoms with van der Waals surface area (Å²) in [6, 6.07) is 5.62. The van der Waals surface area contributed by atoms with Crippen molar-refractivity contribution in [3.05, 3.63) is 42.2 Å². The third-order valence-electron chi connectivity index (χ3n) is 2.76. The molecule has 0 radical (unpaired) electrons. The molecule has 0 saturated heterocycles. The van der Waals surface area contributed by atoms with Gasteiger partial charge in [-0.05, 0) is 6.07 Å². The SMILES string of the molecule is COC(=O)c1cn(C)cc1-c1ccccc1OC(F)(F)F. The Morgan fingerprint density at radius 2 is 1.81 bits per heavy atom. The molecule has 0 N–H and O–H groups in total. The number of ether oxygens (including phenoxy) is 2. The summed E-state index contributed by atoms with van der Waals surface area (Å²) in [7, 11) is 2.86. The van der Waals surface area contributed by atoms with Gasteiger partial charge in [-0.15, -0.1) is 13.2 Å². The molecule has 0 amide bonds. The van der Waals surface area contributed by atoms with E-state index in [1.807, 2.05) is 0 Å². The minimum Gasteiger partial charge on any atom is -0.465 e. The van der Waals surface area contributed by atoms with Gasteiger partial charge in [0.2, 0.25) is 0 Å². The van der Waals surface area contributed by atoms with Crippen molar-refractivity contribution in [2.45, 2.75) is 6.36 Å². The lowest BCUT2D eigenvalue weighted by atomic mass is 10.0. The van der Waals surface area contributed by atoms with E-state index in [2.05, 4.69) is 9.47 Å². The molecule has 21 heavy (non-hydrogen) atoms. The number of carbonyl (C=O) groups is 1. The van der Waals surface area contributed by atoms with Gasteiger partial charge < -0.3 is 14.0 Å². The molecule has 4 nitrogen and oxygen atoms in total. The quantitative estimate of drug-likeness (QED) is 0.816. The molecule has 2 aromatic rings. The Morgan fingerprint density at radius 3 is 2.43 bits per heavy atom. The summed E-state index contributed by atoms with van der Waals surface area (Å²) in [6.45, 7) is 0. The highest BCUT2D eigenvalue weighted by atomic mass is 19.4. The standard InChI is InChI=1S/C14H12F3NO3/c1-18-7-10(11(8-18)13(19)20-2)9-5-3-4-6-12(9)21-14(15,16)17/h3-8H,1-2H3. The second-order valence-electron chi connectivity index (χ2n) is 4.29. The highest BCUT2D eigenvalue weighted by molar-refractivity contribution is 5.98. The van der Waals surface area contributed by atoms with Crippen molar-refractivity contribution in [3.63, 3.8) is 0 Å². The molecule has 0 spiro atoms. The van der Waals surface area contributed by atoms with E-state index in [0.717, 1.165) is 0 Å². The molecule has 2 rings (SSSR count). The zero-order chi connectivity index (χ0) is 15.6. The summed E-state index contributed by atoms with van der Waals surface area (Å²) in [5, 5.41) is 0. The van der Waals surface area contributed by atoms with Gasteiger partial charge in [-0.3, -0.25) is 0 Å². The first-order chi connectivity index (χ1) is 9.81. The first-order valence-electron chi connectivity index (χ1n) is 5.91. The Balaban J connectivity index is 2.55. The van der Waals surface area contributed by atoms with Crippen molar-refractivity contribution in [2.24, 2.45) is 7.05 Å². The number of rotatable bonds is 3. The number of hydrogen-bond acceptors (Lipinski definition) is 3. The minimum absolute atomic E-state index is 0.163. The van der Waals surface area contributed by atoms with Crippen molar-refractivity contribution in [1.29, 1.82) is 0 Å². The Hall–Kier alpha value is -2.44. The molecule has 0 fully saturated rings. The number of halogens is 3. The van der Waals surface area contributed by atoms with Crippen molar-refractivity contribution < 1.29 is 27.4 Å². The zero-order valence-electron chi connectivity index (χ0n) is 11.3. The molecule has 1 heterocycles. The number of aromatic nitrogens is 1. The third kappa shape index (κ3) is 3.36. The fraction of sp³-hybridized carbons (Fsp3) is 0.214. The number of carbonyl (C=O) groups excluding carboxylic acids is 1. The number of benzene rings is 1. The maximum atomic E-state index is 12.4. The average molecular weight is 299 g/mol. The van der Waals surface area contributed by atoms with E-state index in [-0.39, 0.29) is 16.9 Å². The second kappa shape index (κ2) is 5.51. The summed E-state index contributed by atoms with van der Waals surface area (Å²) < 4.78 is 47.5. The third-order valence-corrected chi connectivity index (χ3v) is 2.76. The van der Waals surface area contributed by atoms with Gasteiger partial charge in [0.1, 0.15) is 5.75 Å². The monoisotopic (exact) mass is 299 g/mol. The first-order valence-corrected chi connectivity index (χ1v) is 5.91. The lowest BCUT2D eigenvalue weighted by Gasteiger charge is -2.13. The predicted molar refractivity (Wildman–Crippen MR) is 68.9 cm³/mol. The number of nitrogens with zero attached hydrogens (tertiary/aromatic N) is 1. The van der Waals surface area contributed by atoms with Gasteiger partial charge in [0.25, 0.3) is 0 Å². The smallest absolute Gasteiger partial charge is 0.465 e. The van der Waals surface area contributed by atoms with Crippen LogP contribution in [0.4, 0.5) is 13.2 Å². The summed E-state index contributed by atoms with van der Waals surface area (Å²) in [5.41, 5.74) is 0.637. The lowest BCUT2D eigenvalue weighted by Crippen LogP contribution is -2.17. The van der Waals surface area contributed by atoms with E-state index >= 15 is 0 Å². The maximum absolute atomic E-state index is 12.4. The molecule has 0 aliphatic heterocycles. The van der Waals surface area contributed by atoms with Crippen LogP contribution in [0.2, 0.25) is 0 Å². The van der Waals surface area contributed by atoms with Crippen molar-refractivity contribution in [3.8, 4) is 16.9 Å². The van der Waals surface area contributed by atoms with E-state index < -0.39 is 12.3 Å². The Kier molecular flexibility index (Phi) is 3.93. The van der Waals surface area contributed by atoms with E-state index in [1.165, 1.54) is 37.7 Å². The molecule has 0 saturated carbocycles. The Bertz CT molecular complexity index is 662. The summed E-state index contributed by atoms with van der Waals surface area (Å²) in [5.74, 6) is -1.01. The van der Waals surface area contributed by atoms with Crippen LogP contribution >= 0.6 is 0 Å². The van der Waals surface area contributed by atoms with Gasteiger partial charge >= 0.3 is 12.3 Å². The molecule has 0 unspecified atom stereocenters. The molecule has 1 aromatic carbocycles. The normalized spacial score (nSPS) is 11.3. The number of hydrogen-bond donors (Lipinski definition) is 0. The minimum atomic E-state index is -4.81. The molecular formula is C14H12F3NO3. The van der Waals surface area contributed by atoms with Crippen LogP contribution in [-0.2, 0) is 11.8 Å². The van der Waals surface area contributed by atoms with Gasteiger partial charge in [0.15, 0.2) is 0 Å². The molecule has 112 valence electrons. The van der Waals surface area contributed by atoms with Gasteiger partial charge in [0.05, 0.1) is 12.7 Å². The van der Waals surface area contributed by atoms with Crippen molar-refractivity contribution >= 4 is 5.97 Å². The highest BCUT2D eigenvalue weighted by Crippen LogP contribution is 2.35. The van der Waals surface area contributed by atoms with Crippen molar-refractivity contribution in [1.82, 2.24) is 4.57 Å². The van der Waals surface area contributed by atoms with Crippen LogP contribution in [0, 0.1) is 0 Å².